The molecule has 0 fully saturated rings. The normalized spacial score (nSPS) is 16.4. The van der Waals surface area contributed by atoms with Crippen molar-refractivity contribution in [1.29, 1.82) is 0 Å². The SMILES string of the molecule is C=C/C=C\C(=C/C)N(c1ccc2c(c1)-c1ccccc1C21C(/C=C\C)=C(C)c2ccccc21)c1ccc2c3ccccc3n(-c3ccccc3)c2c1. The zero-order valence-corrected chi connectivity index (χ0v) is 29.8. The molecule has 2 aliphatic rings. The molecule has 0 saturated carbocycles. The summed E-state index contributed by atoms with van der Waals surface area (Å²) in [4.78, 5) is 2.39. The lowest BCUT2D eigenvalue weighted by Crippen LogP contribution is -2.26. The lowest BCUT2D eigenvalue weighted by Gasteiger charge is -2.32. The Morgan fingerprint density at radius 1 is 0.635 bits per heavy atom. The van der Waals surface area contributed by atoms with Crippen molar-refractivity contribution in [2.75, 3.05) is 4.90 Å². The largest absolute Gasteiger partial charge is 0.311 e. The van der Waals surface area contributed by atoms with Crippen molar-refractivity contribution in [3.63, 3.8) is 0 Å². The lowest BCUT2D eigenvalue weighted by atomic mass is 9.69. The fraction of sp³-hybridized carbons (Fsp3) is 0.0800. The number of hydrogen-bond acceptors (Lipinski definition) is 1. The molecule has 2 heteroatoms. The molecule has 0 aliphatic heterocycles. The maximum atomic E-state index is 4.00. The molecule has 0 N–H and O–H groups in total. The molecule has 1 heterocycles. The molecule has 6 aromatic carbocycles. The summed E-state index contributed by atoms with van der Waals surface area (Å²) >= 11 is 0. The number of hydrogen-bond donors (Lipinski definition) is 0. The molecule has 7 aromatic rings. The molecule has 2 aliphatic carbocycles. The Kier molecular flexibility index (Phi) is 7.56. The number of anilines is 2. The summed E-state index contributed by atoms with van der Waals surface area (Å²) in [7, 11) is 0. The van der Waals surface area contributed by atoms with E-state index in [1.54, 1.807) is 0 Å². The second kappa shape index (κ2) is 12.4. The Morgan fingerprint density at radius 3 is 2.04 bits per heavy atom. The molecule has 250 valence electrons. The minimum atomic E-state index is -0.371. The van der Waals surface area contributed by atoms with Gasteiger partial charge in [0.25, 0.3) is 0 Å². The highest BCUT2D eigenvalue weighted by Crippen LogP contribution is 2.62. The zero-order chi connectivity index (χ0) is 35.4. The number of allylic oxidation sites excluding steroid dienone is 8. The summed E-state index contributed by atoms with van der Waals surface area (Å²) in [6.07, 6.45) is 12.7. The Hall–Kier alpha value is -6.38. The van der Waals surface area contributed by atoms with Gasteiger partial charge in [0, 0.05) is 33.5 Å². The van der Waals surface area contributed by atoms with E-state index in [4.69, 9.17) is 0 Å². The molecule has 1 unspecified atom stereocenters. The number of benzene rings is 6. The van der Waals surface area contributed by atoms with Crippen LogP contribution in [0.25, 0.3) is 44.2 Å². The first-order chi connectivity index (χ1) is 25.6. The van der Waals surface area contributed by atoms with E-state index in [2.05, 4.69) is 201 Å². The predicted molar refractivity (Wildman–Crippen MR) is 222 cm³/mol. The Morgan fingerprint density at radius 2 is 1.27 bits per heavy atom. The molecule has 0 amide bonds. The summed E-state index contributed by atoms with van der Waals surface area (Å²) in [6, 6.07) is 51.4. The molecule has 1 atom stereocenters. The third kappa shape index (κ3) is 4.44. The van der Waals surface area contributed by atoms with Gasteiger partial charge in [0.2, 0.25) is 0 Å². The van der Waals surface area contributed by atoms with E-state index in [9.17, 15) is 0 Å². The van der Waals surface area contributed by atoms with E-state index < -0.39 is 0 Å². The summed E-state index contributed by atoms with van der Waals surface area (Å²) in [5.74, 6) is 0. The van der Waals surface area contributed by atoms with Crippen LogP contribution in [0.2, 0.25) is 0 Å². The third-order valence-corrected chi connectivity index (χ3v) is 11.0. The smallest absolute Gasteiger partial charge is 0.0722 e. The van der Waals surface area contributed by atoms with Crippen LogP contribution in [0.4, 0.5) is 11.4 Å². The third-order valence-electron chi connectivity index (χ3n) is 11.0. The van der Waals surface area contributed by atoms with Gasteiger partial charge in [0.15, 0.2) is 0 Å². The minimum absolute atomic E-state index is 0.371. The second-order valence-corrected chi connectivity index (χ2v) is 13.6. The molecule has 52 heavy (non-hydrogen) atoms. The second-order valence-electron chi connectivity index (χ2n) is 13.6. The van der Waals surface area contributed by atoms with Gasteiger partial charge >= 0.3 is 0 Å². The average Bonchev–Trinajstić information content (AvgIpc) is 3.77. The first-order valence-electron chi connectivity index (χ1n) is 18.1. The van der Waals surface area contributed by atoms with Crippen LogP contribution in [0.5, 0.6) is 0 Å². The van der Waals surface area contributed by atoms with Crippen LogP contribution in [-0.4, -0.2) is 4.57 Å². The highest BCUT2D eigenvalue weighted by molar-refractivity contribution is 6.10. The fourth-order valence-electron chi connectivity index (χ4n) is 8.98. The monoisotopic (exact) mass is 668 g/mol. The molecule has 1 spiro atoms. The van der Waals surface area contributed by atoms with Crippen molar-refractivity contribution in [2.45, 2.75) is 26.2 Å². The van der Waals surface area contributed by atoms with Gasteiger partial charge in [-0.2, -0.15) is 0 Å². The number of aromatic nitrogens is 1. The summed E-state index contributed by atoms with van der Waals surface area (Å²) in [5, 5.41) is 2.48. The maximum absolute atomic E-state index is 4.00. The van der Waals surface area contributed by atoms with E-state index in [-0.39, 0.29) is 5.41 Å². The number of rotatable bonds is 7. The first kappa shape index (κ1) is 31.6. The van der Waals surface area contributed by atoms with Crippen LogP contribution in [0.15, 0.2) is 194 Å². The predicted octanol–water partition coefficient (Wildman–Crippen LogP) is 13.2. The number of para-hydroxylation sites is 2. The summed E-state index contributed by atoms with van der Waals surface area (Å²) in [6.45, 7) is 10.5. The molecule has 1 aromatic heterocycles. The molecule has 0 radical (unpaired) electrons. The molecule has 0 bridgehead atoms. The molecule has 2 nitrogen and oxygen atoms in total. The van der Waals surface area contributed by atoms with Crippen LogP contribution in [0.3, 0.4) is 0 Å². The molecular formula is C50H40N2. The Bertz CT molecular complexity index is 2680. The topological polar surface area (TPSA) is 8.17 Å². The van der Waals surface area contributed by atoms with Gasteiger partial charge in [-0.3, -0.25) is 0 Å². The van der Waals surface area contributed by atoms with E-state index in [1.807, 2.05) is 12.2 Å². The van der Waals surface area contributed by atoms with Gasteiger partial charge in [-0.15, -0.1) is 0 Å². The Labute approximate surface area is 306 Å². The minimum Gasteiger partial charge on any atom is -0.311 e. The highest BCUT2D eigenvalue weighted by atomic mass is 15.1. The van der Waals surface area contributed by atoms with Crippen LogP contribution in [0.1, 0.15) is 43.0 Å². The van der Waals surface area contributed by atoms with Gasteiger partial charge in [-0.1, -0.05) is 134 Å². The van der Waals surface area contributed by atoms with Crippen molar-refractivity contribution < 1.29 is 0 Å². The van der Waals surface area contributed by atoms with Gasteiger partial charge in [0.1, 0.15) is 0 Å². The molecular weight excluding hydrogens is 629 g/mol. The summed E-state index contributed by atoms with van der Waals surface area (Å²) < 4.78 is 2.39. The van der Waals surface area contributed by atoms with Crippen molar-refractivity contribution in [3.05, 3.63) is 216 Å². The van der Waals surface area contributed by atoms with E-state index in [0.29, 0.717) is 0 Å². The molecule has 0 saturated heterocycles. The Balaban J connectivity index is 1.30. The fourth-order valence-corrected chi connectivity index (χ4v) is 8.98. The van der Waals surface area contributed by atoms with Gasteiger partial charge in [-0.25, -0.2) is 0 Å². The zero-order valence-electron chi connectivity index (χ0n) is 29.8. The lowest BCUT2D eigenvalue weighted by molar-refractivity contribution is 0.785. The first-order valence-corrected chi connectivity index (χ1v) is 18.1. The maximum Gasteiger partial charge on any atom is 0.0722 e. The van der Waals surface area contributed by atoms with E-state index >= 15 is 0 Å². The van der Waals surface area contributed by atoms with Crippen LogP contribution in [-0.2, 0) is 5.41 Å². The average molecular weight is 669 g/mol. The highest BCUT2D eigenvalue weighted by Gasteiger charge is 2.51. The van der Waals surface area contributed by atoms with Crippen LogP contribution < -0.4 is 4.90 Å². The van der Waals surface area contributed by atoms with Crippen LogP contribution in [0, 0.1) is 0 Å². The van der Waals surface area contributed by atoms with Crippen molar-refractivity contribution in [3.8, 4) is 16.8 Å². The van der Waals surface area contributed by atoms with E-state index in [1.165, 1.54) is 66.3 Å². The summed E-state index contributed by atoms with van der Waals surface area (Å²) in [5.41, 5.74) is 17.0. The van der Waals surface area contributed by atoms with Crippen molar-refractivity contribution in [1.82, 2.24) is 4.57 Å². The molecule has 9 rings (SSSR count). The van der Waals surface area contributed by atoms with Gasteiger partial charge < -0.3 is 9.47 Å². The quantitative estimate of drug-likeness (QED) is 0.154. The standard InChI is InChI=1S/C50H40N2/c1-5-8-19-35(7-3)51(38-28-30-42-41-24-14-17-27-48(41)52(49(42)33-38)36-20-10-9-11-21-36)37-29-31-47-43(32-37)40-23-13-16-26-46(40)50(47)44(18-6-2)34(4)39-22-12-15-25-45(39)50/h5-33H,1H2,2-4H3/b18-6-,19-8-,35-7+. The van der Waals surface area contributed by atoms with E-state index in [0.717, 1.165) is 22.8 Å². The van der Waals surface area contributed by atoms with Crippen molar-refractivity contribution >= 4 is 38.8 Å². The van der Waals surface area contributed by atoms with Crippen LogP contribution >= 0.6 is 0 Å². The van der Waals surface area contributed by atoms with Crippen molar-refractivity contribution in [2.24, 2.45) is 0 Å². The number of nitrogens with zero attached hydrogens (tertiary/aromatic N) is 2. The van der Waals surface area contributed by atoms with Gasteiger partial charge in [-0.05, 0) is 114 Å². The number of fused-ring (bicyclic) bond motifs is 10. The van der Waals surface area contributed by atoms with Gasteiger partial charge in [0.05, 0.1) is 16.4 Å².